The van der Waals surface area contributed by atoms with Gasteiger partial charge in [0.15, 0.2) is 0 Å². The van der Waals surface area contributed by atoms with Crippen molar-refractivity contribution < 1.29 is 4.79 Å². The summed E-state index contributed by atoms with van der Waals surface area (Å²) in [6.07, 6.45) is 0.715. The van der Waals surface area contributed by atoms with Gasteiger partial charge in [-0.25, -0.2) is 4.98 Å². The fourth-order valence-corrected chi connectivity index (χ4v) is 3.17. The van der Waals surface area contributed by atoms with Gasteiger partial charge < -0.3 is 5.32 Å². The largest absolute Gasteiger partial charge is 0.351 e. The molecule has 0 atom stereocenters. The van der Waals surface area contributed by atoms with Crippen molar-refractivity contribution >= 4 is 28.8 Å². The van der Waals surface area contributed by atoms with Gasteiger partial charge in [0.25, 0.3) is 5.91 Å². The molecular weight excluding hydrogens is 320 g/mol. The van der Waals surface area contributed by atoms with Crippen LogP contribution in [-0.2, 0) is 13.0 Å². The predicted octanol–water partition coefficient (Wildman–Crippen LogP) is 3.24. The minimum atomic E-state index is -0.176. The quantitative estimate of drug-likeness (QED) is 0.878. The molecule has 1 N–H and O–H groups in total. The van der Waals surface area contributed by atoms with E-state index in [1.807, 2.05) is 12.3 Å². The number of aromatic nitrogens is 3. The van der Waals surface area contributed by atoms with Crippen LogP contribution in [0.2, 0.25) is 5.15 Å². The zero-order chi connectivity index (χ0) is 16.3. The maximum Gasteiger partial charge on any atom is 0.256 e. The number of carbonyl (C=O) groups is 1. The number of hydrogen-bond donors (Lipinski definition) is 1. The lowest BCUT2D eigenvalue weighted by molar-refractivity contribution is 0.0953. The highest BCUT2D eigenvalue weighted by atomic mass is 35.5. The molecule has 0 fully saturated rings. The number of hydrogen-bond acceptors (Lipinski definition) is 4. The van der Waals surface area contributed by atoms with Crippen LogP contribution in [0.4, 0.5) is 0 Å². The van der Waals surface area contributed by atoms with E-state index in [4.69, 9.17) is 11.6 Å². The van der Waals surface area contributed by atoms with Crippen molar-refractivity contribution in [2.45, 2.75) is 40.7 Å². The summed E-state index contributed by atoms with van der Waals surface area (Å²) in [5, 5.41) is 10.7. The molecule has 7 heteroatoms. The van der Waals surface area contributed by atoms with Gasteiger partial charge >= 0.3 is 0 Å². The van der Waals surface area contributed by atoms with E-state index in [1.54, 1.807) is 22.9 Å². The van der Waals surface area contributed by atoms with Gasteiger partial charge in [0.1, 0.15) is 5.15 Å². The highest BCUT2D eigenvalue weighted by molar-refractivity contribution is 7.09. The molecule has 0 spiro atoms. The van der Waals surface area contributed by atoms with Crippen molar-refractivity contribution in [1.29, 1.82) is 0 Å². The SMILES string of the molecule is Cc1nc(CCNC(=O)c2c(C)nn(CC(C)C)c2Cl)cs1. The maximum absolute atomic E-state index is 12.3. The first-order chi connectivity index (χ1) is 10.4. The second-order valence-corrected chi connectivity index (χ2v) is 7.11. The van der Waals surface area contributed by atoms with Gasteiger partial charge in [-0.2, -0.15) is 5.10 Å². The monoisotopic (exact) mass is 340 g/mol. The summed E-state index contributed by atoms with van der Waals surface area (Å²) in [7, 11) is 0. The van der Waals surface area contributed by atoms with Crippen LogP contribution in [-0.4, -0.2) is 27.2 Å². The lowest BCUT2D eigenvalue weighted by atomic mass is 10.2. The second kappa shape index (κ2) is 7.24. The van der Waals surface area contributed by atoms with Gasteiger partial charge in [0, 0.05) is 24.9 Å². The van der Waals surface area contributed by atoms with E-state index < -0.39 is 0 Å². The van der Waals surface area contributed by atoms with Gasteiger partial charge in [0.05, 0.1) is 22.0 Å². The maximum atomic E-state index is 12.3. The minimum absolute atomic E-state index is 0.176. The molecule has 0 bridgehead atoms. The molecule has 1 amide bonds. The van der Waals surface area contributed by atoms with Crippen molar-refractivity contribution in [3.05, 3.63) is 32.5 Å². The number of thiazole rings is 1. The second-order valence-electron chi connectivity index (χ2n) is 5.69. The van der Waals surface area contributed by atoms with Crippen molar-refractivity contribution in [2.75, 3.05) is 6.54 Å². The van der Waals surface area contributed by atoms with Crippen LogP contribution in [0.1, 0.15) is 40.6 Å². The van der Waals surface area contributed by atoms with Crippen molar-refractivity contribution in [3.8, 4) is 0 Å². The molecule has 5 nitrogen and oxygen atoms in total. The lowest BCUT2D eigenvalue weighted by Crippen LogP contribution is -2.26. The van der Waals surface area contributed by atoms with Crippen LogP contribution >= 0.6 is 22.9 Å². The van der Waals surface area contributed by atoms with Crippen LogP contribution < -0.4 is 5.32 Å². The Labute approximate surface area is 139 Å². The van der Waals surface area contributed by atoms with Crippen molar-refractivity contribution in [1.82, 2.24) is 20.1 Å². The number of rotatable bonds is 6. The topological polar surface area (TPSA) is 59.8 Å². The van der Waals surface area contributed by atoms with Crippen LogP contribution in [0.25, 0.3) is 0 Å². The van der Waals surface area contributed by atoms with Crippen molar-refractivity contribution in [3.63, 3.8) is 0 Å². The Morgan fingerprint density at radius 3 is 2.77 bits per heavy atom. The molecule has 0 radical (unpaired) electrons. The Balaban J connectivity index is 1.98. The lowest BCUT2D eigenvalue weighted by Gasteiger charge is -2.07. The number of halogens is 1. The first kappa shape index (κ1) is 17.0. The molecule has 2 heterocycles. The third-order valence-electron chi connectivity index (χ3n) is 3.16. The number of amides is 1. The zero-order valence-electron chi connectivity index (χ0n) is 13.3. The Kier molecular flexibility index (Phi) is 5.58. The molecule has 0 aliphatic carbocycles. The predicted molar refractivity (Wildman–Crippen MR) is 89.7 cm³/mol. The van der Waals surface area contributed by atoms with E-state index >= 15 is 0 Å². The standard InChI is InChI=1S/C15H21ClN4OS/c1-9(2)7-20-14(16)13(10(3)19-20)15(21)17-6-5-12-8-22-11(4)18-12/h8-9H,5-7H2,1-4H3,(H,17,21). The summed E-state index contributed by atoms with van der Waals surface area (Å²) in [4.78, 5) is 16.7. The first-order valence-corrected chi connectivity index (χ1v) is 8.56. The average molecular weight is 341 g/mol. The Morgan fingerprint density at radius 1 is 1.45 bits per heavy atom. The highest BCUT2D eigenvalue weighted by Crippen LogP contribution is 2.20. The Bertz CT molecular complexity index is 663. The number of nitrogens with zero attached hydrogens (tertiary/aromatic N) is 3. The van der Waals surface area contributed by atoms with E-state index in [0.717, 1.165) is 10.7 Å². The molecule has 2 aromatic heterocycles. The summed E-state index contributed by atoms with van der Waals surface area (Å²) >= 11 is 7.91. The highest BCUT2D eigenvalue weighted by Gasteiger charge is 2.20. The van der Waals surface area contributed by atoms with E-state index in [0.29, 0.717) is 41.8 Å². The normalized spacial score (nSPS) is 11.2. The third kappa shape index (κ3) is 4.08. The van der Waals surface area contributed by atoms with E-state index in [-0.39, 0.29) is 5.91 Å². The summed E-state index contributed by atoms with van der Waals surface area (Å²) in [6.45, 7) is 9.18. The van der Waals surface area contributed by atoms with Crippen LogP contribution in [0.5, 0.6) is 0 Å². The number of nitrogens with one attached hydrogen (secondary N) is 1. The summed E-state index contributed by atoms with van der Waals surface area (Å²) in [6, 6.07) is 0. The van der Waals surface area contributed by atoms with Crippen molar-refractivity contribution in [2.24, 2.45) is 5.92 Å². The Hall–Kier alpha value is -1.40. The van der Waals surface area contributed by atoms with Crippen LogP contribution in [0.15, 0.2) is 5.38 Å². The molecule has 2 aromatic rings. The molecule has 0 unspecified atom stereocenters. The smallest absolute Gasteiger partial charge is 0.256 e. The number of carbonyl (C=O) groups excluding carboxylic acids is 1. The molecule has 0 saturated carbocycles. The molecule has 22 heavy (non-hydrogen) atoms. The fraction of sp³-hybridized carbons (Fsp3) is 0.533. The average Bonchev–Trinajstić information content (AvgIpc) is 2.94. The molecule has 0 saturated heterocycles. The first-order valence-electron chi connectivity index (χ1n) is 7.30. The molecule has 0 aliphatic rings. The van der Waals surface area contributed by atoms with Crippen LogP contribution in [0, 0.1) is 19.8 Å². The van der Waals surface area contributed by atoms with Gasteiger partial charge in [-0.05, 0) is 19.8 Å². The van der Waals surface area contributed by atoms with Gasteiger partial charge in [-0.15, -0.1) is 11.3 Å². The molecular formula is C15H21ClN4OS. The van der Waals surface area contributed by atoms with Gasteiger partial charge in [0.2, 0.25) is 0 Å². The fourth-order valence-electron chi connectivity index (χ4n) is 2.19. The molecule has 120 valence electrons. The third-order valence-corrected chi connectivity index (χ3v) is 4.37. The summed E-state index contributed by atoms with van der Waals surface area (Å²) in [5.74, 6) is 0.241. The minimum Gasteiger partial charge on any atom is -0.351 e. The van der Waals surface area contributed by atoms with Crippen LogP contribution in [0.3, 0.4) is 0 Å². The molecule has 2 rings (SSSR count). The van der Waals surface area contributed by atoms with Gasteiger partial charge in [-0.3, -0.25) is 9.48 Å². The Morgan fingerprint density at radius 2 is 2.18 bits per heavy atom. The van der Waals surface area contributed by atoms with E-state index in [9.17, 15) is 4.79 Å². The molecule has 0 aliphatic heterocycles. The van der Waals surface area contributed by atoms with E-state index in [2.05, 4.69) is 29.2 Å². The van der Waals surface area contributed by atoms with Gasteiger partial charge in [-0.1, -0.05) is 25.4 Å². The summed E-state index contributed by atoms with van der Waals surface area (Å²) < 4.78 is 1.69. The zero-order valence-corrected chi connectivity index (χ0v) is 14.9. The summed E-state index contributed by atoms with van der Waals surface area (Å²) in [5.41, 5.74) is 2.13. The van der Waals surface area contributed by atoms with E-state index in [1.165, 1.54) is 0 Å². The number of aryl methyl sites for hydroxylation is 2. The molecule has 0 aromatic carbocycles.